The molecule has 1 aromatic carbocycles. The summed E-state index contributed by atoms with van der Waals surface area (Å²) >= 11 is 0. The second kappa shape index (κ2) is 7.38. The van der Waals surface area contributed by atoms with E-state index in [0.717, 1.165) is 0 Å². The van der Waals surface area contributed by atoms with Gasteiger partial charge in [0.05, 0.1) is 20.1 Å². The number of ether oxygens (including phenoxy) is 1. The Labute approximate surface area is 111 Å². The smallest absolute Gasteiger partial charge is 0.227 e. The maximum atomic E-state index is 11.6. The van der Waals surface area contributed by atoms with Crippen LogP contribution in [-0.4, -0.2) is 42.2 Å². The molecule has 0 fully saturated rings. The average molecular weight is 267 g/mol. The van der Waals surface area contributed by atoms with E-state index in [4.69, 9.17) is 9.84 Å². The van der Waals surface area contributed by atoms with E-state index in [-0.39, 0.29) is 43.3 Å². The van der Waals surface area contributed by atoms with Crippen molar-refractivity contribution < 1.29 is 24.5 Å². The highest BCUT2D eigenvalue weighted by molar-refractivity contribution is 5.98. The predicted molar refractivity (Wildman–Crippen MR) is 68.1 cm³/mol. The van der Waals surface area contributed by atoms with Crippen molar-refractivity contribution in [3.8, 4) is 11.5 Å². The lowest BCUT2D eigenvalue weighted by molar-refractivity contribution is -0.127. The Morgan fingerprint density at radius 2 is 2.11 bits per heavy atom. The molecule has 104 valence electrons. The first kappa shape index (κ1) is 15.0. The third-order valence-corrected chi connectivity index (χ3v) is 2.44. The molecule has 0 radical (unpaired) electrons. The molecule has 0 unspecified atom stereocenters. The van der Waals surface area contributed by atoms with Crippen molar-refractivity contribution in [1.29, 1.82) is 0 Å². The molecule has 3 N–H and O–H groups in total. The molecule has 6 nitrogen and oxygen atoms in total. The average Bonchev–Trinajstić information content (AvgIpc) is 2.38. The van der Waals surface area contributed by atoms with Crippen LogP contribution < -0.4 is 10.1 Å². The van der Waals surface area contributed by atoms with Gasteiger partial charge in [0.2, 0.25) is 5.91 Å². The Bertz CT molecular complexity index is 458. The lowest BCUT2D eigenvalue weighted by Crippen LogP contribution is -2.28. The molecular formula is C13H17NO5. The van der Waals surface area contributed by atoms with Gasteiger partial charge >= 0.3 is 0 Å². The number of aliphatic hydroxyl groups is 1. The van der Waals surface area contributed by atoms with Gasteiger partial charge in [0.1, 0.15) is 5.78 Å². The molecule has 0 atom stereocenters. The lowest BCUT2D eigenvalue weighted by Gasteiger charge is -2.06. The van der Waals surface area contributed by atoms with Crippen LogP contribution >= 0.6 is 0 Å². The number of hydrogen-bond donors (Lipinski definition) is 3. The number of carbonyl (C=O) groups is 2. The van der Waals surface area contributed by atoms with Crippen molar-refractivity contribution in [3.05, 3.63) is 23.8 Å². The summed E-state index contributed by atoms with van der Waals surface area (Å²) in [6.07, 6.45) is -0.146. The number of aliphatic hydroxyl groups excluding tert-OH is 1. The normalized spacial score (nSPS) is 10.0. The minimum absolute atomic E-state index is 0.000567. The van der Waals surface area contributed by atoms with E-state index in [2.05, 4.69) is 5.32 Å². The number of Topliss-reactive ketones (excluding diaryl/α,β-unsaturated/α-hetero) is 1. The van der Waals surface area contributed by atoms with E-state index in [0.29, 0.717) is 5.56 Å². The molecule has 19 heavy (non-hydrogen) atoms. The first-order valence-electron chi connectivity index (χ1n) is 5.82. The van der Waals surface area contributed by atoms with Gasteiger partial charge in [-0.2, -0.15) is 0 Å². The standard InChI is InChI=1S/C13H17NO5/c1-19-12-7-9(2-3-11(12)17)6-10(16)8-13(18)14-4-5-15/h2-3,7,15,17H,4-6,8H2,1H3,(H,14,18). The SMILES string of the molecule is COc1cc(CC(=O)CC(=O)NCCO)ccc1O. The summed E-state index contributed by atoms with van der Waals surface area (Å²) < 4.78 is 4.93. The molecule has 1 aromatic rings. The molecule has 0 heterocycles. The third-order valence-electron chi connectivity index (χ3n) is 2.44. The number of benzene rings is 1. The van der Waals surface area contributed by atoms with Crippen LogP contribution in [0, 0.1) is 0 Å². The quantitative estimate of drug-likeness (QED) is 0.605. The molecule has 0 bridgehead atoms. The molecule has 0 aliphatic carbocycles. The molecule has 1 amide bonds. The van der Waals surface area contributed by atoms with E-state index in [1.54, 1.807) is 12.1 Å². The van der Waals surface area contributed by atoms with Gasteiger partial charge in [0.25, 0.3) is 0 Å². The van der Waals surface area contributed by atoms with Gasteiger partial charge < -0.3 is 20.3 Å². The summed E-state index contributed by atoms with van der Waals surface area (Å²) in [5.74, 6) is -0.373. The van der Waals surface area contributed by atoms with E-state index < -0.39 is 5.91 Å². The fourth-order valence-electron chi connectivity index (χ4n) is 1.56. The van der Waals surface area contributed by atoms with Crippen LogP contribution in [0.4, 0.5) is 0 Å². The Balaban J connectivity index is 2.55. The number of phenolic OH excluding ortho intramolecular Hbond substituents is 1. The number of methoxy groups -OCH3 is 1. The maximum absolute atomic E-state index is 11.6. The number of hydrogen-bond acceptors (Lipinski definition) is 5. The molecule has 0 aliphatic heterocycles. The van der Waals surface area contributed by atoms with Gasteiger partial charge in [-0.3, -0.25) is 9.59 Å². The van der Waals surface area contributed by atoms with Crippen molar-refractivity contribution in [2.24, 2.45) is 0 Å². The molecular weight excluding hydrogens is 250 g/mol. The van der Waals surface area contributed by atoms with E-state index >= 15 is 0 Å². The zero-order valence-electron chi connectivity index (χ0n) is 10.7. The van der Waals surface area contributed by atoms with Crippen LogP contribution in [0.2, 0.25) is 0 Å². The van der Waals surface area contributed by atoms with Gasteiger partial charge in [-0.1, -0.05) is 6.07 Å². The van der Waals surface area contributed by atoms with Crippen LogP contribution in [0.3, 0.4) is 0 Å². The second-order valence-electron chi connectivity index (χ2n) is 3.97. The van der Waals surface area contributed by atoms with Crippen LogP contribution in [-0.2, 0) is 16.0 Å². The van der Waals surface area contributed by atoms with E-state index in [9.17, 15) is 14.7 Å². The highest BCUT2D eigenvalue weighted by atomic mass is 16.5. The monoisotopic (exact) mass is 267 g/mol. The molecule has 6 heteroatoms. The van der Waals surface area contributed by atoms with Crippen LogP contribution in [0.5, 0.6) is 11.5 Å². The number of nitrogens with one attached hydrogen (secondary N) is 1. The topological polar surface area (TPSA) is 95.9 Å². The van der Waals surface area contributed by atoms with Crippen molar-refractivity contribution >= 4 is 11.7 Å². The van der Waals surface area contributed by atoms with Crippen LogP contribution in [0.15, 0.2) is 18.2 Å². The van der Waals surface area contributed by atoms with Crippen molar-refractivity contribution in [3.63, 3.8) is 0 Å². The summed E-state index contributed by atoms with van der Waals surface area (Å²) in [7, 11) is 1.42. The van der Waals surface area contributed by atoms with Gasteiger partial charge in [0, 0.05) is 13.0 Å². The summed E-state index contributed by atoms with van der Waals surface area (Å²) in [4.78, 5) is 22.9. The fourth-order valence-corrected chi connectivity index (χ4v) is 1.56. The Morgan fingerprint density at radius 1 is 1.37 bits per heavy atom. The number of ketones is 1. The second-order valence-corrected chi connectivity index (χ2v) is 3.97. The predicted octanol–water partition coefficient (Wildman–Crippen LogP) is 0.0110. The molecule has 0 spiro atoms. The summed E-state index contributed by atoms with van der Waals surface area (Å²) in [5, 5.41) is 20.4. The van der Waals surface area contributed by atoms with Crippen LogP contribution in [0.1, 0.15) is 12.0 Å². The number of rotatable bonds is 7. The largest absolute Gasteiger partial charge is 0.504 e. The first-order chi connectivity index (χ1) is 9.06. The highest BCUT2D eigenvalue weighted by Gasteiger charge is 2.11. The summed E-state index contributed by atoms with van der Waals surface area (Å²) in [5.41, 5.74) is 0.662. The highest BCUT2D eigenvalue weighted by Crippen LogP contribution is 2.26. The number of carbonyl (C=O) groups excluding carboxylic acids is 2. The first-order valence-corrected chi connectivity index (χ1v) is 5.82. The molecule has 0 saturated heterocycles. The van der Waals surface area contributed by atoms with Gasteiger partial charge in [-0.25, -0.2) is 0 Å². The lowest BCUT2D eigenvalue weighted by atomic mass is 10.1. The van der Waals surface area contributed by atoms with E-state index in [1.165, 1.54) is 13.2 Å². The zero-order chi connectivity index (χ0) is 14.3. The molecule has 1 rings (SSSR count). The molecule has 0 aromatic heterocycles. The molecule has 0 saturated carbocycles. The third kappa shape index (κ3) is 4.97. The number of phenols is 1. The fraction of sp³-hybridized carbons (Fsp3) is 0.385. The van der Waals surface area contributed by atoms with Crippen molar-refractivity contribution in [2.45, 2.75) is 12.8 Å². The minimum Gasteiger partial charge on any atom is -0.504 e. The number of amides is 1. The maximum Gasteiger partial charge on any atom is 0.227 e. The van der Waals surface area contributed by atoms with Crippen molar-refractivity contribution in [1.82, 2.24) is 5.32 Å². The Kier molecular flexibility index (Phi) is 5.81. The summed E-state index contributed by atoms with van der Waals surface area (Å²) in [6.45, 7) is -0.0196. The Morgan fingerprint density at radius 3 is 2.74 bits per heavy atom. The Hall–Kier alpha value is -2.08. The number of aromatic hydroxyl groups is 1. The summed E-state index contributed by atoms with van der Waals surface area (Å²) in [6, 6.07) is 4.59. The van der Waals surface area contributed by atoms with Crippen molar-refractivity contribution in [2.75, 3.05) is 20.3 Å². The zero-order valence-corrected chi connectivity index (χ0v) is 10.7. The van der Waals surface area contributed by atoms with Gasteiger partial charge in [-0.05, 0) is 17.7 Å². The van der Waals surface area contributed by atoms with Crippen LogP contribution in [0.25, 0.3) is 0 Å². The van der Waals surface area contributed by atoms with E-state index in [1.807, 2.05) is 0 Å². The van der Waals surface area contributed by atoms with Gasteiger partial charge in [-0.15, -0.1) is 0 Å². The molecule has 0 aliphatic rings. The van der Waals surface area contributed by atoms with Gasteiger partial charge in [0.15, 0.2) is 11.5 Å². The minimum atomic E-state index is -0.412.